The first-order chi connectivity index (χ1) is 6.96. The lowest BCUT2D eigenvalue weighted by molar-refractivity contribution is 0.355. The summed E-state index contributed by atoms with van der Waals surface area (Å²) in [5, 5.41) is 0. The molecule has 0 radical (unpaired) electrons. The highest BCUT2D eigenvalue weighted by Crippen LogP contribution is 2.29. The van der Waals surface area contributed by atoms with Gasteiger partial charge in [-0.1, -0.05) is 0 Å². The van der Waals surface area contributed by atoms with Crippen molar-refractivity contribution in [1.82, 2.24) is 0 Å². The van der Waals surface area contributed by atoms with Gasteiger partial charge in [-0.2, -0.15) is 8.42 Å². The molecule has 0 fully saturated rings. The van der Waals surface area contributed by atoms with Crippen LogP contribution in [0.1, 0.15) is 0 Å². The van der Waals surface area contributed by atoms with Crippen LogP contribution in [0.2, 0.25) is 0 Å². The Balaban J connectivity index is 3.03. The highest BCUT2D eigenvalue weighted by atomic mass is 32.2. The number of benzene rings is 1. The molecule has 1 aromatic rings. The van der Waals surface area contributed by atoms with Gasteiger partial charge in [-0.3, -0.25) is 9.27 Å². The van der Waals surface area contributed by atoms with Gasteiger partial charge >= 0.3 is 10.3 Å². The summed E-state index contributed by atoms with van der Waals surface area (Å²) in [4.78, 5) is 0. The van der Waals surface area contributed by atoms with E-state index >= 15 is 0 Å². The van der Waals surface area contributed by atoms with Crippen LogP contribution in [-0.4, -0.2) is 27.2 Å². The van der Waals surface area contributed by atoms with Crippen molar-refractivity contribution in [2.45, 2.75) is 0 Å². The quantitative estimate of drug-likeness (QED) is 0.755. The molecule has 0 amide bonds. The first-order valence-corrected chi connectivity index (χ1v) is 5.37. The van der Waals surface area contributed by atoms with Crippen LogP contribution in [0.25, 0.3) is 0 Å². The predicted molar refractivity (Wildman–Crippen MR) is 54.7 cm³/mol. The molecule has 0 spiro atoms. The van der Waals surface area contributed by atoms with Gasteiger partial charge in [0.2, 0.25) is 0 Å². The van der Waals surface area contributed by atoms with Crippen LogP contribution in [0.4, 0.5) is 5.69 Å². The van der Waals surface area contributed by atoms with Gasteiger partial charge in [-0.05, 0) is 12.1 Å². The van der Waals surface area contributed by atoms with Gasteiger partial charge in [0.1, 0.15) is 0 Å². The summed E-state index contributed by atoms with van der Waals surface area (Å²) in [6.45, 7) is 0. The van der Waals surface area contributed by atoms with Gasteiger partial charge in [0.25, 0.3) is 0 Å². The largest absolute Gasteiger partial charge is 0.493 e. The van der Waals surface area contributed by atoms with E-state index in [-0.39, 0.29) is 5.69 Å². The maximum absolute atomic E-state index is 10.5. The van der Waals surface area contributed by atoms with Crippen molar-refractivity contribution in [2.75, 3.05) is 18.9 Å². The topological polar surface area (TPSA) is 84.9 Å². The van der Waals surface area contributed by atoms with E-state index in [9.17, 15) is 8.42 Å². The number of anilines is 1. The van der Waals surface area contributed by atoms with Crippen LogP contribution in [0.15, 0.2) is 18.2 Å². The Hall–Kier alpha value is -1.47. The van der Waals surface area contributed by atoms with Crippen LogP contribution in [0, 0.1) is 0 Å². The molecule has 0 saturated carbocycles. The van der Waals surface area contributed by atoms with Gasteiger partial charge in [0.05, 0.1) is 19.9 Å². The van der Waals surface area contributed by atoms with Crippen LogP contribution < -0.4 is 14.2 Å². The van der Waals surface area contributed by atoms with Gasteiger partial charge in [0, 0.05) is 6.07 Å². The lowest BCUT2D eigenvalue weighted by atomic mass is 10.3. The molecule has 15 heavy (non-hydrogen) atoms. The van der Waals surface area contributed by atoms with Gasteiger partial charge < -0.3 is 9.47 Å². The van der Waals surface area contributed by atoms with Gasteiger partial charge in [-0.15, -0.1) is 0 Å². The van der Waals surface area contributed by atoms with Crippen molar-refractivity contribution < 1.29 is 22.4 Å². The molecule has 0 aliphatic carbocycles. The van der Waals surface area contributed by atoms with Crippen molar-refractivity contribution in [1.29, 1.82) is 0 Å². The Morgan fingerprint density at radius 3 is 2.27 bits per heavy atom. The number of ether oxygens (including phenoxy) is 2. The average Bonchev–Trinajstić information content (AvgIpc) is 2.15. The Labute approximate surface area is 87.7 Å². The van der Waals surface area contributed by atoms with Crippen LogP contribution in [-0.2, 0) is 10.3 Å². The van der Waals surface area contributed by atoms with Crippen LogP contribution in [0.5, 0.6) is 11.5 Å². The third kappa shape index (κ3) is 3.30. The molecule has 7 heteroatoms. The fourth-order valence-corrected chi connectivity index (χ4v) is 1.47. The predicted octanol–water partition coefficient (Wildman–Crippen LogP) is 0.918. The Bertz CT molecular complexity index is 442. The Morgan fingerprint density at radius 2 is 1.80 bits per heavy atom. The monoisotopic (exact) mass is 233 g/mol. The van der Waals surface area contributed by atoms with Crippen molar-refractivity contribution in [3.05, 3.63) is 18.2 Å². The summed E-state index contributed by atoms with van der Waals surface area (Å²) < 4.78 is 41.4. The highest BCUT2D eigenvalue weighted by molar-refractivity contribution is 7.87. The van der Waals surface area contributed by atoms with Gasteiger partial charge in [-0.25, -0.2) is 0 Å². The molecule has 0 aromatic heterocycles. The minimum Gasteiger partial charge on any atom is -0.493 e. The molecule has 0 aliphatic heterocycles. The van der Waals surface area contributed by atoms with E-state index < -0.39 is 10.3 Å². The summed E-state index contributed by atoms with van der Waals surface area (Å²) in [6, 6.07) is 4.36. The Kier molecular flexibility index (Phi) is 3.38. The fourth-order valence-electron chi connectivity index (χ4n) is 1.05. The van der Waals surface area contributed by atoms with Crippen LogP contribution >= 0.6 is 0 Å². The molecule has 1 rings (SSSR count). The SMILES string of the molecule is COc1ccc(NS(=O)(=O)O)cc1OC. The maximum atomic E-state index is 10.5. The second-order valence-electron chi connectivity index (χ2n) is 2.65. The van der Waals surface area contributed by atoms with E-state index in [2.05, 4.69) is 0 Å². The number of hydrogen-bond acceptors (Lipinski definition) is 4. The normalized spacial score (nSPS) is 10.9. The summed E-state index contributed by atoms with van der Waals surface area (Å²) >= 11 is 0. The van der Waals surface area contributed by atoms with E-state index in [1.807, 2.05) is 4.72 Å². The van der Waals surface area contributed by atoms with Crippen molar-refractivity contribution in [3.8, 4) is 11.5 Å². The van der Waals surface area contributed by atoms with E-state index in [4.69, 9.17) is 14.0 Å². The third-order valence-corrected chi connectivity index (χ3v) is 2.12. The molecular formula is C8H11NO5S. The number of nitrogens with one attached hydrogen (secondary N) is 1. The van der Waals surface area contributed by atoms with E-state index in [0.717, 1.165) is 0 Å². The molecule has 0 atom stereocenters. The molecule has 1 aromatic carbocycles. The smallest absolute Gasteiger partial charge is 0.357 e. The van der Waals surface area contributed by atoms with E-state index in [1.54, 1.807) is 0 Å². The summed E-state index contributed by atoms with van der Waals surface area (Å²) in [7, 11) is -1.38. The zero-order valence-corrected chi connectivity index (χ0v) is 9.04. The van der Waals surface area contributed by atoms with Crippen molar-refractivity contribution in [3.63, 3.8) is 0 Å². The van der Waals surface area contributed by atoms with Crippen molar-refractivity contribution in [2.24, 2.45) is 0 Å². The molecule has 0 aliphatic rings. The number of methoxy groups -OCH3 is 2. The standard InChI is InChI=1S/C8H11NO5S/c1-13-7-4-3-6(5-8(7)14-2)9-15(10,11)12/h3-5,9H,1-2H3,(H,10,11,12). The molecule has 2 N–H and O–H groups in total. The molecular weight excluding hydrogens is 222 g/mol. The molecule has 84 valence electrons. The zero-order chi connectivity index (χ0) is 11.5. The van der Waals surface area contributed by atoms with Crippen molar-refractivity contribution >= 4 is 16.0 Å². The molecule has 0 bridgehead atoms. The van der Waals surface area contributed by atoms with Gasteiger partial charge in [0.15, 0.2) is 11.5 Å². The fraction of sp³-hybridized carbons (Fsp3) is 0.250. The second-order valence-corrected chi connectivity index (χ2v) is 3.80. The maximum Gasteiger partial charge on any atom is 0.357 e. The average molecular weight is 233 g/mol. The third-order valence-electron chi connectivity index (χ3n) is 1.63. The lowest BCUT2D eigenvalue weighted by Crippen LogP contribution is -2.10. The minimum atomic E-state index is -4.27. The number of rotatable bonds is 4. The lowest BCUT2D eigenvalue weighted by Gasteiger charge is -2.09. The molecule has 0 saturated heterocycles. The summed E-state index contributed by atoms with van der Waals surface area (Å²) in [5.74, 6) is 0.838. The summed E-state index contributed by atoms with van der Waals surface area (Å²) in [6.07, 6.45) is 0. The van der Waals surface area contributed by atoms with Crippen LogP contribution in [0.3, 0.4) is 0 Å². The molecule has 0 heterocycles. The first kappa shape index (κ1) is 11.6. The molecule has 0 unspecified atom stereocenters. The molecule has 6 nitrogen and oxygen atoms in total. The first-order valence-electron chi connectivity index (χ1n) is 3.93. The highest BCUT2D eigenvalue weighted by Gasteiger charge is 2.08. The number of hydrogen-bond donors (Lipinski definition) is 2. The van der Waals surface area contributed by atoms with E-state index in [0.29, 0.717) is 11.5 Å². The summed E-state index contributed by atoms with van der Waals surface area (Å²) in [5.41, 5.74) is 0.190. The minimum absolute atomic E-state index is 0.190. The Morgan fingerprint density at radius 1 is 1.20 bits per heavy atom. The second kappa shape index (κ2) is 4.37. The van der Waals surface area contributed by atoms with E-state index in [1.165, 1.54) is 32.4 Å². The zero-order valence-electron chi connectivity index (χ0n) is 8.22.